The van der Waals surface area contributed by atoms with Crippen LogP contribution in [0.15, 0.2) is 41.6 Å². The van der Waals surface area contributed by atoms with Crippen molar-refractivity contribution in [2.45, 2.75) is 19.0 Å². The summed E-state index contributed by atoms with van der Waals surface area (Å²) in [4.78, 5) is 12.3. The molecule has 0 aliphatic rings. The Labute approximate surface area is 172 Å². The van der Waals surface area contributed by atoms with E-state index in [1.54, 1.807) is 7.11 Å². The van der Waals surface area contributed by atoms with E-state index in [9.17, 15) is 4.79 Å². The number of aromatic nitrogens is 3. The topological polar surface area (TPSA) is 95.1 Å². The summed E-state index contributed by atoms with van der Waals surface area (Å²) in [6.45, 7) is 3.86. The van der Waals surface area contributed by atoms with Crippen LogP contribution in [0.4, 0.5) is 5.69 Å². The normalized spacial score (nSPS) is 10.7. The molecule has 9 heteroatoms. The number of hydrogen-bond acceptors (Lipinski definition) is 6. The summed E-state index contributed by atoms with van der Waals surface area (Å²) in [7, 11) is 1.60. The van der Waals surface area contributed by atoms with E-state index in [4.69, 9.17) is 22.2 Å². The predicted octanol–water partition coefficient (Wildman–Crippen LogP) is 3.67. The highest BCUT2D eigenvalue weighted by Crippen LogP contribution is 2.28. The molecule has 0 aliphatic carbocycles. The number of nitrogens with one attached hydrogen (secondary N) is 1. The summed E-state index contributed by atoms with van der Waals surface area (Å²) in [5.74, 6) is 7.26. The molecule has 1 aromatic heterocycles. The highest BCUT2D eigenvalue weighted by Gasteiger charge is 2.15. The first-order valence-electron chi connectivity index (χ1n) is 8.43. The van der Waals surface area contributed by atoms with Gasteiger partial charge < -0.3 is 15.9 Å². The zero-order valence-corrected chi connectivity index (χ0v) is 17.3. The molecule has 7 nitrogen and oxygen atoms in total. The van der Waals surface area contributed by atoms with Gasteiger partial charge in [0.15, 0.2) is 5.82 Å². The first-order valence-corrected chi connectivity index (χ1v) is 9.79. The van der Waals surface area contributed by atoms with Gasteiger partial charge in [-0.15, -0.1) is 10.2 Å². The smallest absolute Gasteiger partial charge is 0.234 e. The average Bonchev–Trinajstić information content (AvgIpc) is 3.03. The Bertz CT molecular complexity index is 981. The molecule has 146 valence electrons. The Kier molecular flexibility index (Phi) is 6.11. The van der Waals surface area contributed by atoms with Crippen molar-refractivity contribution < 1.29 is 9.53 Å². The van der Waals surface area contributed by atoms with E-state index in [2.05, 4.69) is 15.5 Å². The molecule has 3 rings (SSSR count). The van der Waals surface area contributed by atoms with Crippen molar-refractivity contribution in [3.8, 4) is 17.1 Å². The minimum atomic E-state index is -0.201. The van der Waals surface area contributed by atoms with Gasteiger partial charge in [-0.2, -0.15) is 0 Å². The standard InChI is InChI=1S/C19H20ClN5O2S/c1-11-8-12(2)17(15(20)9-11)22-16(26)10-28-19-24-23-18(25(19)21)13-4-6-14(27-3)7-5-13/h4-9H,10,21H2,1-3H3,(H,22,26). The Morgan fingerprint density at radius 2 is 1.96 bits per heavy atom. The van der Waals surface area contributed by atoms with E-state index < -0.39 is 0 Å². The summed E-state index contributed by atoms with van der Waals surface area (Å²) < 4.78 is 6.51. The zero-order valence-electron chi connectivity index (χ0n) is 15.7. The second-order valence-electron chi connectivity index (χ2n) is 6.18. The maximum absolute atomic E-state index is 12.3. The largest absolute Gasteiger partial charge is 0.497 e. The number of carbonyl (C=O) groups excluding carboxylic acids is 1. The second kappa shape index (κ2) is 8.53. The fraction of sp³-hybridized carbons (Fsp3) is 0.211. The number of ether oxygens (including phenoxy) is 1. The molecule has 1 amide bonds. The van der Waals surface area contributed by atoms with Crippen molar-refractivity contribution in [2.75, 3.05) is 24.0 Å². The molecule has 0 atom stereocenters. The molecule has 2 aromatic carbocycles. The van der Waals surface area contributed by atoms with Crippen LogP contribution >= 0.6 is 23.4 Å². The summed E-state index contributed by atoms with van der Waals surface area (Å²) >= 11 is 7.43. The van der Waals surface area contributed by atoms with Crippen molar-refractivity contribution >= 4 is 35.0 Å². The van der Waals surface area contributed by atoms with Crippen molar-refractivity contribution in [3.05, 3.63) is 52.5 Å². The zero-order chi connectivity index (χ0) is 20.3. The van der Waals surface area contributed by atoms with Gasteiger partial charge in [-0.05, 0) is 55.3 Å². The van der Waals surface area contributed by atoms with E-state index in [-0.39, 0.29) is 11.7 Å². The minimum Gasteiger partial charge on any atom is -0.497 e. The lowest BCUT2D eigenvalue weighted by Gasteiger charge is -2.11. The number of thioether (sulfide) groups is 1. The van der Waals surface area contributed by atoms with Crippen molar-refractivity contribution in [1.82, 2.24) is 14.9 Å². The fourth-order valence-corrected chi connectivity index (χ4v) is 3.72. The first-order chi connectivity index (χ1) is 13.4. The number of carbonyl (C=O) groups is 1. The second-order valence-corrected chi connectivity index (χ2v) is 7.53. The number of halogens is 1. The molecule has 1 heterocycles. The molecular formula is C19H20ClN5O2S. The van der Waals surface area contributed by atoms with Crippen LogP contribution in [-0.2, 0) is 4.79 Å². The number of aryl methyl sites for hydroxylation is 2. The van der Waals surface area contributed by atoms with Crippen LogP contribution in [0.3, 0.4) is 0 Å². The first kappa shape index (κ1) is 20.0. The van der Waals surface area contributed by atoms with E-state index in [1.165, 1.54) is 16.4 Å². The van der Waals surface area contributed by atoms with Crippen LogP contribution in [0.2, 0.25) is 5.02 Å². The summed E-state index contributed by atoms with van der Waals surface area (Å²) in [5, 5.41) is 12.0. The number of anilines is 1. The third kappa shape index (κ3) is 4.40. The molecule has 0 aliphatic heterocycles. The lowest BCUT2D eigenvalue weighted by molar-refractivity contribution is -0.113. The van der Waals surface area contributed by atoms with Crippen molar-refractivity contribution in [2.24, 2.45) is 0 Å². The minimum absolute atomic E-state index is 0.127. The van der Waals surface area contributed by atoms with Crippen LogP contribution < -0.4 is 15.9 Å². The lowest BCUT2D eigenvalue weighted by Crippen LogP contribution is -2.17. The summed E-state index contributed by atoms with van der Waals surface area (Å²) in [6, 6.07) is 11.1. The maximum Gasteiger partial charge on any atom is 0.234 e. The van der Waals surface area contributed by atoms with E-state index >= 15 is 0 Å². The number of hydrogen-bond donors (Lipinski definition) is 2. The van der Waals surface area contributed by atoms with Gasteiger partial charge in [-0.3, -0.25) is 4.79 Å². The molecule has 0 bridgehead atoms. The van der Waals surface area contributed by atoms with Crippen LogP contribution in [0, 0.1) is 13.8 Å². The summed E-state index contributed by atoms with van der Waals surface area (Å²) in [6.07, 6.45) is 0. The maximum atomic E-state index is 12.3. The van der Waals surface area contributed by atoms with E-state index in [0.717, 1.165) is 22.4 Å². The van der Waals surface area contributed by atoms with Gasteiger partial charge in [0, 0.05) is 5.56 Å². The van der Waals surface area contributed by atoms with Gasteiger partial charge in [-0.1, -0.05) is 29.4 Å². The number of methoxy groups -OCH3 is 1. The Hall–Kier alpha value is -2.71. The van der Waals surface area contributed by atoms with Gasteiger partial charge in [-0.25, -0.2) is 4.68 Å². The molecule has 3 aromatic rings. The molecule has 0 unspecified atom stereocenters. The number of benzene rings is 2. The quantitative estimate of drug-likeness (QED) is 0.469. The average molecular weight is 418 g/mol. The highest BCUT2D eigenvalue weighted by atomic mass is 35.5. The van der Waals surface area contributed by atoms with Crippen molar-refractivity contribution in [3.63, 3.8) is 0 Å². The highest BCUT2D eigenvalue weighted by molar-refractivity contribution is 7.99. The Morgan fingerprint density at radius 3 is 2.61 bits per heavy atom. The molecule has 3 N–H and O–H groups in total. The third-order valence-electron chi connectivity index (χ3n) is 4.04. The van der Waals surface area contributed by atoms with Crippen LogP contribution in [0.1, 0.15) is 11.1 Å². The molecule has 0 saturated carbocycles. The third-order valence-corrected chi connectivity index (χ3v) is 5.28. The number of nitrogen functional groups attached to an aromatic ring is 1. The summed E-state index contributed by atoms with van der Waals surface area (Å²) in [5.41, 5.74) is 3.37. The lowest BCUT2D eigenvalue weighted by atomic mass is 10.1. The molecular weight excluding hydrogens is 398 g/mol. The number of amides is 1. The van der Waals surface area contributed by atoms with Gasteiger partial charge in [0.05, 0.1) is 23.6 Å². The monoisotopic (exact) mass is 417 g/mol. The fourth-order valence-electron chi connectivity index (χ4n) is 2.69. The molecule has 0 radical (unpaired) electrons. The van der Waals surface area contributed by atoms with Crippen molar-refractivity contribution in [1.29, 1.82) is 0 Å². The van der Waals surface area contributed by atoms with Crippen LogP contribution in [-0.4, -0.2) is 33.6 Å². The Morgan fingerprint density at radius 1 is 1.25 bits per heavy atom. The molecule has 28 heavy (non-hydrogen) atoms. The number of nitrogens with zero attached hydrogens (tertiary/aromatic N) is 3. The van der Waals surface area contributed by atoms with Crippen LogP contribution in [0.25, 0.3) is 11.4 Å². The van der Waals surface area contributed by atoms with Crippen LogP contribution in [0.5, 0.6) is 5.75 Å². The SMILES string of the molecule is COc1ccc(-c2nnc(SCC(=O)Nc3c(C)cc(C)cc3Cl)n2N)cc1. The van der Waals surface area contributed by atoms with Gasteiger partial charge in [0.1, 0.15) is 5.75 Å². The van der Waals surface area contributed by atoms with Gasteiger partial charge in [0.25, 0.3) is 0 Å². The number of rotatable bonds is 6. The molecule has 0 spiro atoms. The van der Waals surface area contributed by atoms with Gasteiger partial charge in [0.2, 0.25) is 11.1 Å². The van der Waals surface area contributed by atoms with Gasteiger partial charge >= 0.3 is 0 Å². The van der Waals surface area contributed by atoms with E-state index in [1.807, 2.05) is 50.2 Å². The number of nitrogens with two attached hydrogens (primary N) is 1. The Balaban J connectivity index is 1.66. The van der Waals surface area contributed by atoms with E-state index in [0.29, 0.717) is 21.7 Å². The molecule has 0 saturated heterocycles. The molecule has 0 fully saturated rings. The predicted molar refractivity (Wildman–Crippen MR) is 112 cm³/mol.